The Labute approximate surface area is 98.7 Å². The molecule has 0 aliphatic heterocycles. The van der Waals surface area contributed by atoms with Crippen LogP contribution in [0.15, 0.2) is 0 Å². The average molecular weight is 234 g/mol. The van der Waals surface area contributed by atoms with Crippen LogP contribution in [-0.2, 0) is 4.74 Å². The van der Waals surface area contributed by atoms with Crippen LogP contribution in [0.2, 0.25) is 0 Å². The third kappa shape index (κ3) is 5.74. The number of hydrogen-bond acceptors (Lipinski definition) is 2. The molecule has 0 amide bonds. The van der Waals surface area contributed by atoms with Crippen LogP contribution in [-0.4, -0.2) is 31.7 Å². The van der Waals surface area contributed by atoms with Crippen LogP contribution < -0.4 is 5.32 Å². The zero-order valence-electron chi connectivity index (χ0n) is 9.97. The maximum atomic E-state index is 6.19. The summed E-state index contributed by atoms with van der Waals surface area (Å²) >= 11 is 6.19. The molecule has 2 atom stereocenters. The van der Waals surface area contributed by atoms with Crippen LogP contribution in [0, 0.1) is 11.8 Å². The van der Waals surface area contributed by atoms with Gasteiger partial charge in [0.05, 0.1) is 6.61 Å². The van der Waals surface area contributed by atoms with Gasteiger partial charge in [-0.05, 0) is 31.2 Å². The summed E-state index contributed by atoms with van der Waals surface area (Å²) in [7, 11) is 0. The molecule has 0 aromatic rings. The van der Waals surface area contributed by atoms with Crippen LogP contribution in [0.1, 0.15) is 33.1 Å². The highest BCUT2D eigenvalue weighted by Gasteiger charge is 2.24. The fraction of sp³-hybridized carbons (Fsp3) is 1.00. The molecule has 1 aliphatic carbocycles. The first-order chi connectivity index (χ1) is 7.20. The number of nitrogens with one attached hydrogen (secondary N) is 1. The van der Waals surface area contributed by atoms with Crippen molar-refractivity contribution in [3.05, 3.63) is 0 Å². The lowest BCUT2D eigenvalue weighted by Gasteiger charge is -2.14. The van der Waals surface area contributed by atoms with Crippen molar-refractivity contribution in [1.29, 1.82) is 0 Å². The van der Waals surface area contributed by atoms with E-state index in [9.17, 15) is 0 Å². The van der Waals surface area contributed by atoms with Gasteiger partial charge in [0.1, 0.15) is 0 Å². The SMILES string of the molecule is CC(C)COCCNCC1CCCC1Cl. The molecular formula is C12H24ClNO. The van der Waals surface area contributed by atoms with E-state index in [0.717, 1.165) is 26.3 Å². The third-order valence-electron chi connectivity index (χ3n) is 2.85. The first kappa shape index (κ1) is 13.3. The van der Waals surface area contributed by atoms with Gasteiger partial charge in [-0.1, -0.05) is 20.3 Å². The zero-order valence-corrected chi connectivity index (χ0v) is 10.7. The van der Waals surface area contributed by atoms with Gasteiger partial charge in [0, 0.05) is 18.5 Å². The van der Waals surface area contributed by atoms with Crippen molar-refractivity contribution in [1.82, 2.24) is 5.32 Å². The number of halogens is 1. The van der Waals surface area contributed by atoms with E-state index in [-0.39, 0.29) is 0 Å². The predicted octanol–water partition coefficient (Wildman–Crippen LogP) is 2.66. The van der Waals surface area contributed by atoms with Crippen molar-refractivity contribution in [3.8, 4) is 0 Å². The lowest BCUT2D eigenvalue weighted by molar-refractivity contribution is 0.111. The minimum atomic E-state index is 0.397. The molecule has 15 heavy (non-hydrogen) atoms. The molecule has 1 fully saturated rings. The van der Waals surface area contributed by atoms with Gasteiger partial charge in [-0.15, -0.1) is 11.6 Å². The topological polar surface area (TPSA) is 21.3 Å². The van der Waals surface area contributed by atoms with Gasteiger partial charge in [0.2, 0.25) is 0 Å². The normalized spacial score (nSPS) is 26.4. The van der Waals surface area contributed by atoms with Gasteiger partial charge in [-0.3, -0.25) is 0 Å². The van der Waals surface area contributed by atoms with Gasteiger partial charge < -0.3 is 10.1 Å². The Morgan fingerprint density at radius 3 is 2.80 bits per heavy atom. The van der Waals surface area contributed by atoms with E-state index in [4.69, 9.17) is 16.3 Å². The van der Waals surface area contributed by atoms with E-state index in [0.29, 0.717) is 17.2 Å². The molecule has 0 saturated heterocycles. The number of rotatable bonds is 7. The molecule has 0 aromatic carbocycles. The first-order valence-electron chi connectivity index (χ1n) is 6.12. The minimum Gasteiger partial charge on any atom is -0.380 e. The summed E-state index contributed by atoms with van der Waals surface area (Å²) < 4.78 is 5.49. The molecule has 0 aromatic heterocycles. The molecule has 1 aliphatic rings. The summed E-state index contributed by atoms with van der Waals surface area (Å²) in [5.74, 6) is 1.31. The third-order valence-corrected chi connectivity index (χ3v) is 3.42. The van der Waals surface area contributed by atoms with E-state index < -0.39 is 0 Å². The molecular weight excluding hydrogens is 210 g/mol. The monoisotopic (exact) mass is 233 g/mol. The molecule has 0 spiro atoms. The van der Waals surface area contributed by atoms with Gasteiger partial charge in [0.15, 0.2) is 0 Å². The number of hydrogen-bond donors (Lipinski definition) is 1. The van der Waals surface area contributed by atoms with Crippen LogP contribution in [0.4, 0.5) is 0 Å². The zero-order chi connectivity index (χ0) is 11.1. The summed E-state index contributed by atoms with van der Waals surface area (Å²) in [6.07, 6.45) is 3.77. The van der Waals surface area contributed by atoms with Gasteiger partial charge in [-0.2, -0.15) is 0 Å². The second kappa shape index (κ2) is 7.48. The quantitative estimate of drug-likeness (QED) is 0.539. The lowest BCUT2D eigenvalue weighted by Crippen LogP contribution is -2.28. The Kier molecular flexibility index (Phi) is 6.62. The average Bonchev–Trinajstić information content (AvgIpc) is 2.57. The Hall–Kier alpha value is 0.210. The smallest absolute Gasteiger partial charge is 0.0591 e. The summed E-state index contributed by atoms with van der Waals surface area (Å²) in [6, 6.07) is 0. The summed E-state index contributed by atoms with van der Waals surface area (Å²) in [5.41, 5.74) is 0. The molecule has 1 rings (SSSR count). The molecule has 0 radical (unpaired) electrons. The Morgan fingerprint density at radius 1 is 1.40 bits per heavy atom. The van der Waals surface area contributed by atoms with Crippen molar-refractivity contribution in [2.75, 3.05) is 26.3 Å². The summed E-state index contributed by atoms with van der Waals surface area (Å²) in [5, 5.41) is 3.82. The van der Waals surface area contributed by atoms with Crippen molar-refractivity contribution in [2.24, 2.45) is 11.8 Å². The molecule has 3 heteroatoms. The summed E-state index contributed by atoms with van der Waals surface area (Å²) in [6.45, 7) is 8.03. The van der Waals surface area contributed by atoms with Gasteiger partial charge in [0.25, 0.3) is 0 Å². The summed E-state index contributed by atoms with van der Waals surface area (Å²) in [4.78, 5) is 0. The lowest BCUT2D eigenvalue weighted by atomic mass is 10.1. The molecule has 0 heterocycles. The highest BCUT2D eigenvalue weighted by molar-refractivity contribution is 6.20. The second-order valence-electron chi connectivity index (χ2n) is 4.88. The molecule has 2 nitrogen and oxygen atoms in total. The molecule has 2 unspecified atom stereocenters. The largest absolute Gasteiger partial charge is 0.380 e. The van der Waals surface area contributed by atoms with Crippen LogP contribution in [0.25, 0.3) is 0 Å². The maximum Gasteiger partial charge on any atom is 0.0591 e. The van der Waals surface area contributed by atoms with E-state index >= 15 is 0 Å². The second-order valence-corrected chi connectivity index (χ2v) is 5.44. The Balaban J connectivity index is 1.88. The van der Waals surface area contributed by atoms with E-state index in [1.807, 2.05) is 0 Å². The fourth-order valence-electron chi connectivity index (χ4n) is 1.97. The maximum absolute atomic E-state index is 6.19. The molecule has 0 bridgehead atoms. The number of alkyl halides is 1. The van der Waals surface area contributed by atoms with Crippen molar-refractivity contribution < 1.29 is 4.74 Å². The Bertz CT molecular complexity index is 164. The van der Waals surface area contributed by atoms with Crippen molar-refractivity contribution >= 4 is 11.6 Å². The fourth-order valence-corrected chi connectivity index (χ4v) is 2.34. The highest BCUT2D eigenvalue weighted by atomic mass is 35.5. The van der Waals surface area contributed by atoms with Crippen molar-refractivity contribution in [3.63, 3.8) is 0 Å². The molecule has 1 N–H and O–H groups in total. The van der Waals surface area contributed by atoms with Crippen LogP contribution in [0.5, 0.6) is 0 Å². The van der Waals surface area contributed by atoms with Crippen LogP contribution >= 0.6 is 11.6 Å². The molecule has 1 saturated carbocycles. The Morgan fingerprint density at radius 2 is 2.20 bits per heavy atom. The van der Waals surface area contributed by atoms with Gasteiger partial charge >= 0.3 is 0 Å². The van der Waals surface area contributed by atoms with E-state index in [2.05, 4.69) is 19.2 Å². The predicted molar refractivity (Wildman–Crippen MR) is 65.5 cm³/mol. The highest BCUT2D eigenvalue weighted by Crippen LogP contribution is 2.29. The van der Waals surface area contributed by atoms with E-state index in [1.54, 1.807) is 0 Å². The van der Waals surface area contributed by atoms with E-state index in [1.165, 1.54) is 19.3 Å². The van der Waals surface area contributed by atoms with Crippen molar-refractivity contribution in [2.45, 2.75) is 38.5 Å². The first-order valence-corrected chi connectivity index (χ1v) is 6.56. The molecule has 90 valence electrons. The standard InChI is InChI=1S/C12H24ClNO/c1-10(2)9-15-7-6-14-8-11-4-3-5-12(11)13/h10-12,14H,3-9H2,1-2H3. The minimum absolute atomic E-state index is 0.397. The van der Waals surface area contributed by atoms with Crippen LogP contribution in [0.3, 0.4) is 0 Å². The van der Waals surface area contributed by atoms with Gasteiger partial charge in [-0.25, -0.2) is 0 Å². The number of ether oxygens (including phenoxy) is 1.